The van der Waals surface area contributed by atoms with Gasteiger partial charge in [-0.3, -0.25) is 19.8 Å². The van der Waals surface area contributed by atoms with E-state index in [0.29, 0.717) is 44.2 Å². The second-order valence-electron chi connectivity index (χ2n) is 11.8. The first kappa shape index (κ1) is 29.1. The van der Waals surface area contributed by atoms with Gasteiger partial charge in [-0.15, -0.1) is 11.3 Å². The summed E-state index contributed by atoms with van der Waals surface area (Å²) >= 11 is 1.35. The molecular weight excluding hydrogens is 535 g/mol. The van der Waals surface area contributed by atoms with Crippen LogP contribution in [0.2, 0.25) is 0 Å². The lowest BCUT2D eigenvalue weighted by atomic mass is 9.47. The molecule has 11 heteroatoms. The van der Waals surface area contributed by atoms with Crippen molar-refractivity contribution in [2.24, 2.45) is 16.7 Å². The topological polar surface area (TPSA) is 124 Å². The van der Waals surface area contributed by atoms with Crippen molar-refractivity contribution in [2.75, 3.05) is 51.3 Å². The molecule has 1 saturated carbocycles. The third-order valence-electron chi connectivity index (χ3n) is 9.44. The Balaban J connectivity index is 1.39. The van der Waals surface area contributed by atoms with Crippen molar-refractivity contribution in [3.63, 3.8) is 0 Å². The van der Waals surface area contributed by atoms with Crippen molar-refractivity contribution in [3.05, 3.63) is 46.2 Å². The van der Waals surface area contributed by atoms with E-state index < -0.39 is 23.2 Å². The zero-order valence-electron chi connectivity index (χ0n) is 23.1. The molecule has 2 aromatic rings. The molecule has 4 N–H and O–H groups in total. The maximum absolute atomic E-state index is 13.7. The van der Waals surface area contributed by atoms with Crippen LogP contribution in [0.4, 0.5) is 9.52 Å². The van der Waals surface area contributed by atoms with Gasteiger partial charge in [-0.2, -0.15) is 0 Å². The van der Waals surface area contributed by atoms with Crippen LogP contribution >= 0.6 is 11.3 Å². The predicted molar refractivity (Wildman–Crippen MR) is 150 cm³/mol. The van der Waals surface area contributed by atoms with E-state index in [1.165, 1.54) is 29.5 Å². The molecule has 2 amide bonds. The minimum absolute atomic E-state index is 0.0683. The monoisotopic (exact) mass is 574 g/mol. The highest BCUT2D eigenvalue weighted by Crippen LogP contribution is 2.62. The van der Waals surface area contributed by atoms with E-state index >= 15 is 0 Å². The van der Waals surface area contributed by atoms with Gasteiger partial charge in [0.1, 0.15) is 5.82 Å². The Hall–Kier alpha value is -2.44. The third-order valence-corrected chi connectivity index (χ3v) is 10.5. The summed E-state index contributed by atoms with van der Waals surface area (Å²) in [6, 6.07) is 5.48. The van der Waals surface area contributed by atoms with Gasteiger partial charge in [-0.05, 0) is 48.8 Å². The number of fused-ring (bicyclic) bond motifs is 2. The Kier molecular flexibility index (Phi) is 8.58. The minimum Gasteiger partial charge on any atom is -0.396 e. The van der Waals surface area contributed by atoms with E-state index in [-0.39, 0.29) is 41.7 Å². The normalized spacial score (nSPS) is 30.3. The first-order valence-electron chi connectivity index (χ1n) is 14.1. The van der Waals surface area contributed by atoms with Crippen LogP contribution in [0.25, 0.3) is 0 Å². The van der Waals surface area contributed by atoms with Crippen LogP contribution in [0.15, 0.2) is 24.3 Å². The van der Waals surface area contributed by atoms with Gasteiger partial charge in [0.2, 0.25) is 5.91 Å². The minimum atomic E-state index is -0.731. The van der Waals surface area contributed by atoms with Gasteiger partial charge in [0.05, 0.1) is 31.6 Å². The van der Waals surface area contributed by atoms with Crippen molar-refractivity contribution >= 4 is 28.3 Å². The van der Waals surface area contributed by atoms with Crippen molar-refractivity contribution in [1.82, 2.24) is 15.2 Å². The molecule has 218 valence electrons. The third kappa shape index (κ3) is 5.67. The van der Waals surface area contributed by atoms with Gasteiger partial charge in [-0.25, -0.2) is 9.37 Å². The molecule has 5 rings (SSSR count). The first-order valence-corrected chi connectivity index (χ1v) is 14.9. The van der Waals surface area contributed by atoms with Crippen molar-refractivity contribution < 1.29 is 28.9 Å². The summed E-state index contributed by atoms with van der Waals surface area (Å²) < 4.78 is 19.1. The van der Waals surface area contributed by atoms with Gasteiger partial charge >= 0.3 is 0 Å². The van der Waals surface area contributed by atoms with E-state index in [9.17, 15) is 24.2 Å². The summed E-state index contributed by atoms with van der Waals surface area (Å²) in [5.41, 5.74) is -0.132. The number of nitrogens with zero attached hydrogens (tertiary/aromatic N) is 2. The number of rotatable bonds is 8. The molecule has 3 aliphatic rings. The number of hydrogen-bond acceptors (Lipinski definition) is 8. The van der Waals surface area contributed by atoms with Gasteiger partial charge in [-0.1, -0.05) is 19.9 Å². The molecule has 0 radical (unpaired) electrons. The van der Waals surface area contributed by atoms with Gasteiger partial charge in [0.25, 0.3) is 5.91 Å². The fourth-order valence-corrected chi connectivity index (χ4v) is 8.00. The zero-order chi connectivity index (χ0) is 28.5. The number of aliphatic hydroxyl groups is 2. The van der Waals surface area contributed by atoms with E-state index in [0.717, 1.165) is 30.2 Å². The molecule has 1 aromatic carbocycles. The van der Waals surface area contributed by atoms with Crippen LogP contribution in [-0.4, -0.2) is 84.0 Å². The molecule has 1 saturated heterocycles. The first-order chi connectivity index (χ1) is 19.1. The molecule has 2 aliphatic carbocycles. The number of ether oxygens (including phenoxy) is 1. The fraction of sp³-hybridized carbons (Fsp3) is 0.621. The number of nitrogens with one attached hydrogen (secondary N) is 2. The molecule has 2 fully saturated rings. The highest BCUT2D eigenvalue weighted by molar-refractivity contribution is 7.15. The average Bonchev–Trinajstić information content (AvgIpc) is 3.34. The lowest BCUT2D eigenvalue weighted by Crippen LogP contribution is -2.57. The van der Waals surface area contributed by atoms with Gasteiger partial charge < -0.3 is 20.3 Å². The smallest absolute Gasteiger partial charge is 0.257 e. The summed E-state index contributed by atoms with van der Waals surface area (Å²) in [5, 5.41) is 27.7. The standard InChI is InChI=1S/C29H39FN4O5S/c1-28-7-6-23(36)29(2,17-35)22(28)16-21-25(20(28)15-24(37)31-8-9-34-10-12-39-13-11-34)32-27(40-21)33-26(38)18-4-3-5-19(30)14-18/h3-5,14,20,22-23,35-36H,6-13,15-17H2,1-2H3,(H,31,37)(H,32,33,38)/t20-,22+,23-,28+,29+/m1/s1. The van der Waals surface area contributed by atoms with Crippen molar-refractivity contribution in [3.8, 4) is 0 Å². The summed E-state index contributed by atoms with van der Waals surface area (Å²) in [5.74, 6) is -1.35. The summed E-state index contributed by atoms with van der Waals surface area (Å²) in [6.45, 7) is 8.33. The van der Waals surface area contributed by atoms with E-state index in [2.05, 4.69) is 22.5 Å². The maximum atomic E-state index is 13.7. The van der Waals surface area contributed by atoms with Crippen LogP contribution in [0.1, 0.15) is 60.0 Å². The van der Waals surface area contributed by atoms with Gasteiger partial charge in [0.15, 0.2) is 5.13 Å². The molecule has 0 bridgehead atoms. The van der Waals surface area contributed by atoms with Crippen LogP contribution in [0, 0.1) is 22.6 Å². The number of benzene rings is 1. The number of aromatic nitrogens is 1. The number of halogens is 1. The second kappa shape index (κ2) is 11.8. The summed E-state index contributed by atoms with van der Waals surface area (Å²) in [4.78, 5) is 34.2. The number of carbonyl (C=O) groups excluding carboxylic acids is 2. The van der Waals surface area contributed by atoms with Crippen LogP contribution < -0.4 is 10.6 Å². The van der Waals surface area contributed by atoms with Crippen molar-refractivity contribution in [2.45, 2.75) is 51.6 Å². The molecule has 40 heavy (non-hydrogen) atoms. The number of aliphatic hydroxyl groups excluding tert-OH is 2. The molecule has 5 atom stereocenters. The number of thiazole rings is 1. The van der Waals surface area contributed by atoms with E-state index in [1.807, 2.05) is 6.92 Å². The molecule has 0 spiro atoms. The van der Waals surface area contributed by atoms with Crippen molar-refractivity contribution in [1.29, 1.82) is 0 Å². The second-order valence-corrected chi connectivity index (χ2v) is 12.9. The molecule has 1 aromatic heterocycles. The lowest BCUT2D eigenvalue weighted by molar-refractivity contribution is -0.144. The largest absolute Gasteiger partial charge is 0.396 e. The van der Waals surface area contributed by atoms with E-state index in [1.54, 1.807) is 6.07 Å². The quantitative estimate of drug-likeness (QED) is 0.382. The average molecular weight is 575 g/mol. The van der Waals surface area contributed by atoms with Crippen LogP contribution in [-0.2, 0) is 16.0 Å². The Labute approximate surface area is 238 Å². The van der Waals surface area contributed by atoms with Crippen LogP contribution in [0.3, 0.4) is 0 Å². The Morgan fingerprint density at radius 3 is 2.77 bits per heavy atom. The van der Waals surface area contributed by atoms with E-state index in [4.69, 9.17) is 9.72 Å². The zero-order valence-corrected chi connectivity index (χ0v) is 23.9. The lowest BCUT2D eigenvalue weighted by Gasteiger charge is -2.58. The number of morpholine rings is 1. The Morgan fingerprint density at radius 1 is 1.27 bits per heavy atom. The number of anilines is 1. The predicted octanol–water partition coefficient (Wildman–Crippen LogP) is 2.79. The molecule has 2 heterocycles. The molecule has 9 nitrogen and oxygen atoms in total. The number of amides is 2. The van der Waals surface area contributed by atoms with Gasteiger partial charge in [0, 0.05) is 54.4 Å². The highest BCUT2D eigenvalue weighted by atomic mass is 32.1. The van der Waals surface area contributed by atoms with Crippen LogP contribution in [0.5, 0.6) is 0 Å². The molecular formula is C29H39FN4O5S. The number of carbonyl (C=O) groups is 2. The maximum Gasteiger partial charge on any atom is 0.257 e. The summed E-state index contributed by atoms with van der Waals surface area (Å²) in [6.07, 6.45) is 1.38. The molecule has 0 unspecified atom stereocenters. The highest BCUT2D eigenvalue weighted by Gasteiger charge is 2.59. The Bertz CT molecular complexity index is 1240. The SMILES string of the molecule is C[C@]1(CO)[C@H]2Cc3sc(NC(=O)c4cccc(F)c4)nc3[C@@H](CC(=O)NCCN3CCOCC3)[C@]2(C)CC[C@H]1O. The molecule has 1 aliphatic heterocycles. The summed E-state index contributed by atoms with van der Waals surface area (Å²) in [7, 11) is 0. The number of hydrogen-bond donors (Lipinski definition) is 4. The fourth-order valence-electron chi connectivity index (χ4n) is 6.93. The Morgan fingerprint density at radius 2 is 2.05 bits per heavy atom.